The van der Waals surface area contributed by atoms with Gasteiger partial charge in [-0.1, -0.05) is 5.16 Å². The fraction of sp³-hybridized carbons (Fsp3) is 0.474. The van der Waals surface area contributed by atoms with E-state index in [1.54, 1.807) is 6.08 Å². The van der Waals surface area contributed by atoms with Crippen LogP contribution >= 0.6 is 12.4 Å². The molecule has 0 amide bonds. The highest BCUT2D eigenvalue weighted by Crippen LogP contribution is 2.38. The van der Waals surface area contributed by atoms with E-state index in [1.807, 2.05) is 19.1 Å². The van der Waals surface area contributed by atoms with Crippen LogP contribution in [0.15, 0.2) is 16.7 Å². The van der Waals surface area contributed by atoms with Crippen LogP contribution < -0.4 is 15.2 Å². The van der Waals surface area contributed by atoms with Crippen molar-refractivity contribution in [1.82, 2.24) is 10.1 Å². The van der Waals surface area contributed by atoms with Gasteiger partial charge in [0.2, 0.25) is 0 Å². The molecule has 2 aromatic rings. The molecular formula is C19H24ClN3O3. The molecule has 4 rings (SSSR count). The summed E-state index contributed by atoms with van der Waals surface area (Å²) in [5.41, 5.74) is 7.94. The first-order valence-electron chi connectivity index (χ1n) is 8.85. The molecule has 0 spiro atoms. The first-order chi connectivity index (χ1) is 12.1. The monoisotopic (exact) mass is 377 g/mol. The fourth-order valence-electron chi connectivity index (χ4n) is 3.31. The van der Waals surface area contributed by atoms with Crippen LogP contribution in [-0.2, 0) is 12.0 Å². The third-order valence-corrected chi connectivity index (χ3v) is 4.87. The SMILES string of the molecule is CCOc1cc2c(cc1/C=C/c1nc(C3(N)CCC3)no1)OC(C)C2.Cl. The van der Waals surface area contributed by atoms with Crippen LogP contribution in [0.25, 0.3) is 12.2 Å². The Morgan fingerprint density at radius 1 is 1.35 bits per heavy atom. The van der Waals surface area contributed by atoms with Crippen LogP contribution in [0.3, 0.4) is 0 Å². The maximum absolute atomic E-state index is 6.24. The molecule has 26 heavy (non-hydrogen) atoms. The number of aromatic nitrogens is 2. The molecule has 6 nitrogen and oxygen atoms in total. The third kappa shape index (κ3) is 3.44. The maximum Gasteiger partial charge on any atom is 0.250 e. The molecule has 1 unspecified atom stereocenters. The number of hydrogen-bond donors (Lipinski definition) is 1. The van der Waals surface area contributed by atoms with E-state index in [-0.39, 0.29) is 18.5 Å². The first-order valence-corrected chi connectivity index (χ1v) is 8.85. The highest BCUT2D eigenvalue weighted by molar-refractivity contribution is 5.85. The van der Waals surface area contributed by atoms with E-state index >= 15 is 0 Å². The molecular weight excluding hydrogens is 354 g/mol. The largest absolute Gasteiger partial charge is 0.493 e. The average molecular weight is 378 g/mol. The highest BCUT2D eigenvalue weighted by atomic mass is 35.5. The van der Waals surface area contributed by atoms with Gasteiger partial charge in [-0.3, -0.25) is 0 Å². The number of rotatable bonds is 5. The summed E-state index contributed by atoms with van der Waals surface area (Å²) in [6.07, 6.45) is 7.74. The van der Waals surface area contributed by atoms with Gasteiger partial charge in [-0.15, -0.1) is 12.4 Å². The van der Waals surface area contributed by atoms with Crippen molar-refractivity contribution in [1.29, 1.82) is 0 Å². The van der Waals surface area contributed by atoms with Crippen molar-refractivity contribution in [3.8, 4) is 11.5 Å². The van der Waals surface area contributed by atoms with Crippen LogP contribution in [0.4, 0.5) is 0 Å². The molecule has 0 saturated heterocycles. The van der Waals surface area contributed by atoms with Crippen molar-refractivity contribution in [2.75, 3.05) is 6.61 Å². The standard InChI is InChI=1S/C19H23N3O3.ClH/c1-3-23-15-11-14-9-12(2)24-16(14)10-13(15)5-6-17-21-18(22-25-17)19(20)7-4-8-19;/h5-6,10-12H,3-4,7-9,20H2,1-2H3;1H/b6-5+;. The zero-order valence-corrected chi connectivity index (χ0v) is 15.8. The summed E-state index contributed by atoms with van der Waals surface area (Å²) in [5, 5.41) is 4.03. The van der Waals surface area contributed by atoms with Gasteiger partial charge in [0.15, 0.2) is 5.82 Å². The number of benzene rings is 1. The van der Waals surface area contributed by atoms with E-state index in [9.17, 15) is 0 Å². The Labute approximate surface area is 159 Å². The molecule has 2 heterocycles. The Kier molecular flexibility index (Phi) is 5.25. The van der Waals surface area contributed by atoms with Gasteiger partial charge in [-0.2, -0.15) is 4.98 Å². The van der Waals surface area contributed by atoms with Crippen molar-refractivity contribution in [2.45, 2.75) is 51.2 Å². The van der Waals surface area contributed by atoms with Crippen molar-refractivity contribution in [3.05, 3.63) is 35.0 Å². The zero-order valence-electron chi connectivity index (χ0n) is 15.0. The normalized spacial score (nSPS) is 20.2. The molecule has 7 heteroatoms. The smallest absolute Gasteiger partial charge is 0.250 e. The molecule has 2 N–H and O–H groups in total. The van der Waals surface area contributed by atoms with Gasteiger partial charge < -0.3 is 19.7 Å². The number of hydrogen-bond acceptors (Lipinski definition) is 6. The van der Waals surface area contributed by atoms with Gasteiger partial charge in [0.1, 0.15) is 17.6 Å². The van der Waals surface area contributed by atoms with Crippen LogP contribution in [0.2, 0.25) is 0 Å². The molecule has 1 atom stereocenters. The summed E-state index contributed by atoms with van der Waals surface area (Å²) in [7, 11) is 0. The van der Waals surface area contributed by atoms with Crippen molar-refractivity contribution < 1.29 is 14.0 Å². The Bertz CT molecular complexity index is 814. The number of nitrogens with two attached hydrogens (primary N) is 1. The Morgan fingerprint density at radius 3 is 2.85 bits per heavy atom. The second kappa shape index (κ2) is 7.29. The molecule has 1 saturated carbocycles. The fourth-order valence-corrected chi connectivity index (χ4v) is 3.31. The van der Waals surface area contributed by atoms with Crippen LogP contribution in [0.1, 0.15) is 56.0 Å². The lowest BCUT2D eigenvalue weighted by Crippen LogP contribution is -2.44. The lowest BCUT2D eigenvalue weighted by molar-refractivity contribution is 0.229. The quantitative estimate of drug-likeness (QED) is 0.854. The van der Waals surface area contributed by atoms with Gasteiger partial charge >= 0.3 is 0 Å². The van der Waals surface area contributed by atoms with Gasteiger partial charge in [-0.25, -0.2) is 0 Å². The average Bonchev–Trinajstić information content (AvgIpc) is 3.16. The van der Waals surface area contributed by atoms with E-state index in [2.05, 4.69) is 23.1 Å². The van der Waals surface area contributed by atoms with Gasteiger partial charge in [0.05, 0.1) is 12.1 Å². The van der Waals surface area contributed by atoms with Crippen molar-refractivity contribution >= 4 is 24.6 Å². The highest BCUT2D eigenvalue weighted by Gasteiger charge is 2.38. The van der Waals surface area contributed by atoms with Crippen LogP contribution in [0, 0.1) is 0 Å². The lowest BCUT2D eigenvalue weighted by atomic mass is 9.77. The Morgan fingerprint density at radius 2 is 2.15 bits per heavy atom. The summed E-state index contributed by atoms with van der Waals surface area (Å²) < 4.78 is 16.9. The molecule has 2 aliphatic rings. The Hall–Kier alpha value is -2.05. The summed E-state index contributed by atoms with van der Waals surface area (Å²) in [6.45, 7) is 4.65. The minimum atomic E-state index is -0.413. The molecule has 1 aliphatic carbocycles. The molecule has 1 aliphatic heterocycles. The Balaban J connectivity index is 0.00000196. The second-order valence-corrected chi connectivity index (χ2v) is 6.86. The van der Waals surface area contributed by atoms with Gasteiger partial charge in [-0.05, 0) is 51.3 Å². The second-order valence-electron chi connectivity index (χ2n) is 6.86. The molecule has 1 fully saturated rings. The summed E-state index contributed by atoms with van der Waals surface area (Å²) >= 11 is 0. The van der Waals surface area contributed by atoms with Crippen LogP contribution in [-0.4, -0.2) is 22.9 Å². The molecule has 140 valence electrons. The summed E-state index contributed by atoms with van der Waals surface area (Å²) in [5.74, 6) is 2.79. The number of fused-ring (bicyclic) bond motifs is 1. The number of ether oxygens (including phenoxy) is 2. The van der Waals surface area contributed by atoms with Crippen molar-refractivity contribution in [3.63, 3.8) is 0 Å². The molecule has 0 bridgehead atoms. The van der Waals surface area contributed by atoms with Gasteiger partial charge in [0.25, 0.3) is 5.89 Å². The summed E-state index contributed by atoms with van der Waals surface area (Å²) in [6, 6.07) is 4.07. The third-order valence-electron chi connectivity index (χ3n) is 4.87. The van der Waals surface area contributed by atoms with E-state index in [0.29, 0.717) is 18.3 Å². The topological polar surface area (TPSA) is 83.4 Å². The predicted octanol–water partition coefficient (Wildman–Crippen LogP) is 3.72. The molecule has 0 radical (unpaired) electrons. The first kappa shape index (κ1) is 18.7. The van der Waals surface area contributed by atoms with E-state index in [4.69, 9.17) is 19.7 Å². The van der Waals surface area contributed by atoms with E-state index in [1.165, 1.54) is 5.56 Å². The minimum Gasteiger partial charge on any atom is -0.493 e. The number of nitrogens with zero attached hydrogens (tertiary/aromatic N) is 2. The summed E-state index contributed by atoms with van der Waals surface area (Å²) in [4.78, 5) is 4.42. The van der Waals surface area contributed by atoms with Crippen molar-refractivity contribution in [2.24, 2.45) is 5.73 Å². The predicted molar refractivity (Wildman–Crippen MR) is 102 cm³/mol. The van der Waals surface area contributed by atoms with E-state index < -0.39 is 5.54 Å². The van der Waals surface area contributed by atoms with E-state index in [0.717, 1.165) is 42.7 Å². The lowest BCUT2D eigenvalue weighted by Gasteiger charge is -2.34. The maximum atomic E-state index is 6.24. The molecule has 1 aromatic heterocycles. The van der Waals surface area contributed by atoms with Gasteiger partial charge in [0, 0.05) is 23.6 Å². The van der Waals surface area contributed by atoms with Crippen LogP contribution in [0.5, 0.6) is 11.5 Å². The minimum absolute atomic E-state index is 0. The number of halogens is 1. The molecule has 1 aromatic carbocycles. The zero-order chi connectivity index (χ0) is 17.4.